The second-order valence-electron chi connectivity index (χ2n) is 7.01. The van der Waals surface area contributed by atoms with Crippen LogP contribution < -0.4 is 10.1 Å². The van der Waals surface area contributed by atoms with Gasteiger partial charge in [0.1, 0.15) is 19.0 Å². The number of aromatic nitrogens is 3. The number of benzene rings is 1. The normalized spacial score (nSPS) is 14.9. The fraction of sp³-hybridized carbons (Fsp3) is 0.600. The molecule has 0 bridgehead atoms. The summed E-state index contributed by atoms with van der Waals surface area (Å²) in [4.78, 5) is 6.67. The van der Waals surface area contributed by atoms with Crippen molar-refractivity contribution in [3.8, 4) is 5.75 Å². The van der Waals surface area contributed by atoms with Gasteiger partial charge in [-0.25, -0.2) is 4.68 Å². The maximum absolute atomic E-state index is 9.03. The van der Waals surface area contributed by atoms with Gasteiger partial charge >= 0.3 is 0 Å². The standard InChI is InChI=1S/C20H31N5O3/c1-24-20(22-19(16-26)23-24)21-8-11-27-12-13-28-18-7-5-6-17(14-18)15-25-9-3-2-4-10-25/h5-7,14,26H,2-4,8-13,15-16H2,1H3,(H,21,22,23). The van der Waals surface area contributed by atoms with E-state index in [1.807, 2.05) is 6.07 Å². The summed E-state index contributed by atoms with van der Waals surface area (Å²) in [5.41, 5.74) is 1.30. The Morgan fingerprint density at radius 3 is 2.79 bits per heavy atom. The second-order valence-corrected chi connectivity index (χ2v) is 7.01. The first-order chi connectivity index (χ1) is 13.7. The molecular formula is C20H31N5O3. The van der Waals surface area contributed by atoms with Gasteiger partial charge in [-0.05, 0) is 43.6 Å². The lowest BCUT2D eigenvalue weighted by atomic mass is 10.1. The van der Waals surface area contributed by atoms with Crippen LogP contribution >= 0.6 is 0 Å². The zero-order chi connectivity index (χ0) is 19.6. The van der Waals surface area contributed by atoms with E-state index in [1.54, 1.807) is 11.7 Å². The number of hydrogen-bond acceptors (Lipinski definition) is 7. The Balaban J connectivity index is 1.29. The highest BCUT2D eigenvalue weighted by atomic mass is 16.5. The number of aliphatic hydroxyl groups excluding tert-OH is 1. The fourth-order valence-electron chi connectivity index (χ4n) is 3.32. The highest BCUT2D eigenvalue weighted by molar-refractivity contribution is 5.28. The minimum absolute atomic E-state index is 0.164. The number of ether oxygens (including phenoxy) is 2. The summed E-state index contributed by atoms with van der Waals surface area (Å²) in [7, 11) is 1.78. The van der Waals surface area contributed by atoms with Crippen LogP contribution in [-0.4, -0.2) is 64.2 Å². The Labute approximate surface area is 166 Å². The average Bonchev–Trinajstić information content (AvgIpc) is 3.08. The number of aryl methyl sites for hydroxylation is 1. The van der Waals surface area contributed by atoms with E-state index in [1.165, 1.54) is 37.9 Å². The van der Waals surface area contributed by atoms with E-state index >= 15 is 0 Å². The maximum Gasteiger partial charge on any atom is 0.221 e. The molecule has 2 N–H and O–H groups in total. The van der Waals surface area contributed by atoms with E-state index < -0.39 is 0 Å². The van der Waals surface area contributed by atoms with E-state index in [4.69, 9.17) is 14.6 Å². The molecule has 0 saturated carbocycles. The molecular weight excluding hydrogens is 358 g/mol. The van der Waals surface area contributed by atoms with Crippen LogP contribution in [0.1, 0.15) is 30.7 Å². The van der Waals surface area contributed by atoms with Gasteiger partial charge in [-0.15, -0.1) is 0 Å². The van der Waals surface area contributed by atoms with Crippen LogP contribution in [0.15, 0.2) is 24.3 Å². The van der Waals surface area contributed by atoms with Gasteiger partial charge in [0.2, 0.25) is 5.95 Å². The van der Waals surface area contributed by atoms with Crippen molar-refractivity contribution in [2.45, 2.75) is 32.4 Å². The Morgan fingerprint density at radius 2 is 2.00 bits per heavy atom. The molecule has 3 rings (SSSR count). The van der Waals surface area contributed by atoms with Crippen molar-refractivity contribution >= 4 is 5.95 Å². The minimum atomic E-state index is -0.164. The summed E-state index contributed by atoms with van der Waals surface area (Å²) < 4.78 is 13.0. The van der Waals surface area contributed by atoms with Crippen molar-refractivity contribution < 1.29 is 14.6 Å². The average molecular weight is 390 g/mol. The zero-order valence-corrected chi connectivity index (χ0v) is 16.6. The molecule has 1 aromatic carbocycles. The molecule has 1 fully saturated rings. The lowest BCUT2D eigenvalue weighted by Crippen LogP contribution is -2.29. The predicted octanol–water partition coefficient (Wildman–Crippen LogP) is 1.80. The van der Waals surface area contributed by atoms with E-state index in [0.29, 0.717) is 38.1 Å². The maximum atomic E-state index is 9.03. The number of nitrogens with one attached hydrogen (secondary N) is 1. The number of hydrogen-bond donors (Lipinski definition) is 2. The Bertz CT molecular complexity index is 716. The molecule has 8 heteroatoms. The Kier molecular flexibility index (Phi) is 8.07. The molecule has 1 saturated heterocycles. The molecule has 0 unspecified atom stereocenters. The molecule has 154 valence electrons. The predicted molar refractivity (Wildman–Crippen MR) is 107 cm³/mol. The SMILES string of the molecule is Cn1nc(CO)nc1NCCOCCOc1cccc(CN2CCCCC2)c1. The van der Waals surface area contributed by atoms with Crippen LogP contribution in [0.25, 0.3) is 0 Å². The molecule has 28 heavy (non-hydrogen) atoms. The molecule has 0 amide bonds. The summed E-state index contributed by atoms with van der Waals surface area (Å²) in [5.74, 6) is 1.92. The number of nitrogens with zero attached hydrogens (tertiary/aromatic N) is 4. The van der Waals surface area contributed by atoms with E-state index in [-0.39, 0.29) is 6.61 Å². The topological polar surface area (TPSA) is 84.7 Å². The molecule has 2 heterocycles. The molecule has 0 aliphatic carbocycles. The van der Waals surface area contributed by atoms with E-state index in [9.17, 15) is 0 Å². The largest absolute Gasteiger partial charge is 0.491 e. The van der Waals surface area contributed by atoms with E-state index in [0.717, 1.165) is 12.3 Å². The van der Waals surface area contributed by atoms with Gasteiger partial charge < -0.3 is 19.9 Å². The number of aliphatic hydroxyl groups is 1. The number of rotatable bonds is 11. The second kappa shape index (κ2) is 11.0. The summed E-state index contributed by atoms with van der Waals surface area (Å²) in [6.45, 7) is 5.43. The van der Waals surface area contributed by atoms with Crippen LogP contribution in [-0.2, 0) is 24.9 Å². The van der Waals surface area contributed by atoms with Crippen molar-refractivity contribution in [2.75, 3.05) is 44.8 Å². The Hall–Kier alpha value is -2.16. The quantitative estimate of drug-likeness (QED) is 0.567. The van der Waals surface area contributed by atoms with Crippen molar-refractivity contribution in [3.05, 3.63) is 35.7 Å². The van der Waals surface area contributed by atoms with Gasteiger partial charge in [0.05, 0.1) is 13.2 Å². The monoisotopic (exact) mass is 389 g/mol. The van der Waals surface area contributed by atoms with Crippen LogP contribution in [0.2, 0.25) is 0 Å². The summed E-state index contributed by atoms with van der Waals surface area (Å²) in [6.07, 6.45) is 3.97. The van der Waals surface area contributed by atoms with Crippen LogP contribution in [0.4, 0.5) is 5.95 Å². The third-order valence-electron chi connectivity index (χ3n) is 4.73. The summed E-state index contributed by atoms with van der Waals surface area (Å²) in [5, 5.41) is 16.2. The molecule has 2 aromatic rings. The number of anilines is 1. The number of piperidine rings is 1. The van der Waals surface area contributed by atoms with Crippen molar-refractivity contribution in [3.63, 3.8) is 0 Å². The van der Waals surface area contributed by atoms with Gasteiger partial charge in [-0.3, -0.25) is 4.90 Å². The smallest absolute Gasteiger partial charge is 0.221 e. The zero-order valence-electron chi connectivity index (χ0n) is 16.6. The molecule has 0 spiro atoms. The third kappa shape index (κ3) is 6.47. The Morgan fingerprint density at radius 1 is 1.14 bits per heavy atom. The first-order valence-corrected chi connectivity index (χ1v) is 10.0. The van der Waals surface area contributed by atoms with Crippen LogP contribution in [0.5, 0.6) is 5.75 Å². The lowest BCUT2D eigenvalue weighted by molar-refractivity contribution is 0.107. The van der Waals surface area contributed by atoms with Gasteiger partial charge in [-0.1, -0.05) is 18.6 Å². The molecule has 0 atom stereocenters. The molecule has 1 aromatic heterocycles. The minimum Gasteiger partial charge on any atom is -0.491 e. The highest BCUT2D eigenvalue weighted by Crippen LogP contribution is 2.17. The lowest BCUT2D eigenvalue weighted by Gasteiger charge is -2.26. The van der Waals surface area contributed by atoms with Crippen LogP contribution in [0.3, 0.4) is 0 Å². The van der Waals surface area contributed by atoms with Gasteiger partial charge in [-0.2, -0.15) is 10.1 Å². The molecule has 8 nitrogen and oxygen atoms in total. The highest BCUT2D eigenvalue weighted by Gasteiger charge is 2.10. The van der Waals surface area contributed by atoms with Crippen molar-refractivity contribution in [2.24, 2.45) is 7.05 Å². The van der Waals surface area contributed by atoms with Crippen molar-refractivity contribution in [1.82, 2.24) is 19.7 Å². The first kappa shape index (κ1) is 20.6. The van der Waals surface area contributed by atoms with Crippen molar-refractivity contribution in [1.29, 1.82) is 0 Å². The molecule has 1 aliphatic rings. The number of likely N-dealkylation sites (tertiary alicyclic amines) is 1. The fourth-order valence-corrected chi connectivity index (χ4v) is 3.32. The van der Waals surface area contributed by atoms with Gasteiger partial charge in [0, 0.05) is 20.1 Å². The third-order valence-corrected chi connectivity index (χ3v) is 4.73. The summed E-state index contributed by atoms with van der Waals surface area (Å²) in [6, 6.07) is 8.34. The first-order valence-electron chi connectivity index (χ1n) is 10.0. The van der Waals surface area contributed by atoms with E-state index in [2.05, 4.69) is 38.5 Å². The summed E-state index contributed by atoms with van der Waals surface area (Å²) >= 11 is 0. The van der Waals surface area contributed by atoms with Gasteiger partial charge in [0.25, 0.3) is 0 Å². The van der Waals surface area contributed by atoms with Gasteiger partial charge in [0.15, 0.2) is 5.82 Å². The van der Waals surface area contributed by atoms with Crippen LogP contribution in [0, 0.1) is 0 Å². The molecule has 1 aliphatic heterocycles. The molecule has 0 radical (unpaired) electrons.